The summed E-state index contributed by atoms with van der Waals surface area (Å²) in [5.41, 5.74) is 7.41. The van der Waals surface area contributed by atoms with Gasteiger partial charge < -0.3 is 9.64 Å². The summed E-state index contributed by atoms with van der Waals surface area (Å²) in [5, 5.41) is 4.24. The molecule has 1 amide bonds. The van der Waals surface area contributed by atoms with Crippen LogP contribution < -0.4 is 10.3 Å². The molecule has 1 unspecified atom stereocenters. The van der Waals surface area contributed by atoms with Crippen molar-refractivity contribution in [3.8, 4) is 0 Å². The van der Waals surface area contributed by atoms with E-state index in [0.29, 0.717) is 6.42 Å². The normalized spacial score (nSPS) is 24.8. The Morgan fingerprint density at radius 3 is 2.95 bits per heavy atom. The molecule has 4 rings (SSSR count). The Morgan fingerprint density at radius 1 is 1.25 bits per heavy atom. The maximum atomic E-state index is 11.4. The van der Waals surface area contributed by atoms with E-state index in [0.717, 1.165) is 38.4 Å². The molecule has 1 saturated heterocycles. The number of benzene rings is 1. The highest BCUT2D eigenvalue weighted by Gasteiger charge is 2.33. The van der Waals surface area contributed by atoms with Crippen molar-refractivity contribution in [2.24, 2.45) is 11.0 Å². The number of hydrogen-bond donors (Lipinski definition) is 1. The SMILES string of the molecule is O=C1CC2Cc3cc(N4CCOCC4)ccc3C2=NN1. The molecule has 2 aliphatic heterocycles. The van der Waals surface area contributed by atoms with Crippen molar-refractivity contribution in [1.82, 2.24) is 5.43 Å². The van der Waals surface area contributed by atoms with Crippen molar-refractivity contribution in [2.45, 2.75) is 12.8 Å². The topological polar surface area (TPSA) is 53.9 Å². The van der Waals surface area contributed by atoms with Gasteiger partial charge in [-0.25, -0.2) is 5.43 Å². The fourth-order valence-corrected chi connectivity index (χ4v) is 3.31. The molecule has 5 heteroatoms. The zero-order chi connectivity index (χ0) is 13.5. The van der Waals surface area contributed by atoms with Gasteiger partial charge in [0.05, 0.1) is 18.9 Å². The lowest BCUT2D eigenvalue weighted by Gasteiger charge is -2.29. The number of hydrogen-bond acceptors (Lipinski definition) is 4. The van der Waals surface area contributed by atoms with Gasteiger partial charge in [-0.1, -0.05) is 6.07 Å². The summed E-state index contributed by atoms with van der Waals surface area (Å²) in [7, 11) is 0. The van der Waals surface area contributed by atoms with E-state index < -0.39 is 0 Å². The molecule has 1 aliphatic carbocycles. The zero-order valence-corrected chi connectivity index (χ0v) is 11.3. The fourth-order valence-electron chi connectivity index (χ4n) is 3.31. The second-order valence-electron chi connectivity index (χ2n) is 5.58. The van der Waals surface area contributed by atoms with Crippen LogP contribution in [0.3, 0.4) is 0 Å². The van der Waals surface area contributed by atoms with E-state index in [2.05, 4.69) is 33.6 Å². The maximum absolute atomic E-state index is 11.4. The molecular weight excluding hydrogens is 254 g/mol. The highest BCUT2D eigenvalue weighted by molar-refractivity contribution is 6.09. The molecule has 3 aliphatic rings. The molecule has 0 spiro atoms. The van der Waals surface area contributed by atoms with Gasteiger partial charge in [0, 0.05) is 36.7 Å². The Bertz CT molecular complexity index is 591. The minimum atomic E-state index is 0.0277. The van der Waals surface area contributed by atoms with Crippen LogP contribution in [0.1, 0.15) is 17.5 Å². The number of amides is 1. The predicted molar refractivity (Wildman–Crippen MR) is 76.0 cm³/mol. The van der Waals surface area contributed by atoms with Crippen LogP contribution in [0.4, 0.5) is 5.69 Å². The van der Waals surface area contributed by atoms with Crippen LogP contribution in [0.5, 0.6) is 0 Å². The molecule has 0 bridgehead atoms. The highest BCUT2D eigenvalue weighted by Crippen LogP contribution is 2.33. The molecule has 1 aromatic carbocycles. The largest absolute Gasteiger partial charge is 0.378 e. The summed E-state index contributed by atoms with van der Waals surface area (Å²) < 4.78 is 5.40. The van der Waals surface area contributed by atoms with Gasteiger partial charge in [0.1, 0.15) is 0 Å². The number of carbonyl (C=O) groups is 1. The summed E-state index contributed by atoms with van der Waals surface area (Å²) in [6.45, 7) is 3.49. The van der Waals surface area contributed by atoms with Crippen LogP contribution >= 0.6 is 0 Å². The van der Waals surface area contributed by atoms with Gasteiger partial charge in [-0.3, -0.25) is 4.79 Å². The molecule has 0 saturated carbocycles. The summed E-state index contributed by atoms with van der Waals surface area (Å²) in [6.07, 6.45) is 1.49. The van der Waals surface area contributed by atoms with Crippen molar-refractivity contribution in [3.63, 3.8) is 0 Å². The van der Waals surface area contributed by atoms with E-state index in [4.69, 9.17) is 4.74 Å². The van der Waals surface area contributed by atoms with E-state index in [1.165, 1.54) is 16.8 Å². The van der Waals surface area contributed by atoms with E-state index in [-0.39, 0.29) is 11.8 Å². The van der Waals surface area contributed by atoms with E-state index >= 15 is 0 Å². The molecule has 0 radical (unpaired) electrons. The van der Waals surface area contributed by atoms with Crippen LogP contribution in [0.15, 0.2) is 23.3 Å². The second kappa shape index (κ2) is 4.59. The monoisotopic (exact) mass is 271 g/mol. The number of nitrogens with zero attached hydrogens (tertiary/aromatic N) is 2. The minimum Gasteiger partial charge on any atom is -0.378 e. The van der Waals surface area contributed by atoms with Crippen LogP contribution in [0, 0.1) is 5.92 Å². The molecule has 2 heterocycles. The van der Waals surface area contributed by atoms with Crippen molar-refractivity contribution >= 4 is 17.3 Å². The van der Waals surface area contributed by atoms with Crippen molar-refractivity contribution in [2.75, 3.05) is 31.2 Å². The average Bonchev–Trinajstić information content (AvgIpc) is 2.84. The highest BCUT2D eigenvalue weighted by atomic mass is 16.5. The Hall–Kier alpha value is -1.88. The molecule has 1 aromatic rings. The molecule has 104 valence electrons. The van der Waals surface area contributed by atoms with Crippen LogP contribution in [0.2, 0.25) is 0 Å². The van der Waals surface area contributed by atoms with Gasteiger partial charge in [-0.05, 0) is 24.1 Å². The Labute approximate surface area is 117 Å². The molecule has 1 fully saturated rings. The van der Waals surface area contributed by atoms with Crippen molar-refractivity contribution in [1.29, 1.82) is 0 Å². The maximum Gasteiger partial charge on any atom is 0.240 e. The molecular formula is C15H17N3O2. The Kier molecular flexibility index (Phi) is 2.73. The first-order chi connectivity index (χ1) is 9.81. The summed E-state index contributed by atoms with van der Waals surface area (Å²) in [6, 6.07) is 6.56. The van der Waals surface area contributed by atoms with Crippen LogP contribution in [-0.2, 0) is 16.0 Å². The number of fused-ring (bicyclic) bond motifs is 3. The third-order valence-electron chi connectivity index (χ3n) is 4.33. The van der Waals surface area contributed by atoms with Crippen molar-refractivity contribution in [3.05, 3.63) is 29.3 Å². The number of anilines is 1. The molecule has 5 nitrogen and oxygen atoms in total. The predicted octanol–water partition coefficient (Wildman–Crippen LogP) is 0.919. The first kappa shape index (κ1) is 11.9. The summed E-state index contributed by atoms with van der Waals surface area (Å²) >= 11 is 0. The number of carbonyl (C=O) groups excluding carboxylic acids is 1. The van der Waals surface area contributed by atoms with Gasteiger partial charge in [0.15, 0.2) is 0 Å². The lowest BCUT2D eigenvalue weighted by Crippen LogP contribution is -2.36. The summed E-state index contributed by atoms with van der Waals surface area (Å²) in [5.74, 6) is 0.290. The van der Waals surface area contributed by atoms with Crippen molar-refractivity contribution < 1.29 is 9.53 Å². The minimum absolute atomic E-state index is 0.0277. The first-order valence-electron chi connectivity index (χ1n) is 7.14. The lowest BCUT2D eigenvalue weighted by molar-refractivity contribution is -0.121. The van der Waals surface area contributed by atoms with Gasteiger partial charge in [0.2, 0.25) is 5.91 Å². The van der Waals surface area contributed by atoms with Gasteiger partial charge in [-0.2, -0.15) is 5.10 Å². The molecule has 20 heavy (non-hydrogen) atoms. The van der Waals surface area contributed by atoms with Gasteiger partial charge >= 0.3 is 0 Å². The fraction of sp³-hybridized carbons (Fsp3) is 0.467. The van der Waals surface area contributed by atoms with Gasteiger partial charge in [0.25, 0.3) is 0 Å². The van der Waals surface area contributed by atoms with E-state index in [1.54, 1.807) is 0 Å². The third kappa shape index (κ3) is 1.89. The van der Waals surface area contributed by atoms with Gasteiger partial charge in [-0.15, -0.1) is 0 Å². The lowest BCUT2D eigenvalue weighted by atomic mass is 9.99. The average molecular weight is 271 g/mol. The number of hydrazone groups is 1. The smallest absolute Gasteiger partial charge is 0.240 e. The number of nitrogens with one attached hydrogen (secondary N) is 1. The van der Waals surface area contributed by atoms with Crippen LogP contribution in [0.25, 0.3) is 0 Å². The molecule has 0 aromatic heterocycles. The zero-order valence-electron chi connectivity index (χ0n) is 11.3. The second-order valence-corrected chi connectivity index (χ2v) is 5.58. The summed E-state index contributed by atoms with van der Waals surface area (Å²) in [4.78, 5) is 13.8. The third-order valence-corrected chi connectivity index (χ3v) is 4.33. The quantitative estimate of drug-likeness (QED) is 0.826. The molecule has 1 atom stereocenters. The Balaban J connectivity index is 1.65. The number of morpholine rings is 1. The standard InChI is InChI=1S/C15H17N3O2/c19-14-9-11-7-10-8-12(18-3-5-20-6-4-18)1-2-13(10)15(11)17-16-14/h1-2,8,11H,3-7,9H2,(H,16,19). The number of ether oxygens (including phenoxy) is 1. The van der Waals surface area contributed by atoms with Crippen LogP contribution in [-0.4, -0.2) is 37.9 Å². The number of rotatable bonds is 1. The Morgan fingerprint density at radius 2 is 2.10 bits per heavy atom. The van der Waals surface area contributed by atoms with E-state index in [9.17, 15) is 4.79 Å². The molecule has 1 N–H and O–H groups in total. The van der Waals surface area contributed by atoms with E-state index in [1.807, 2.05) is 0 Å². The first-order valence-corrected chi connectivity index (χ1v) is 7.14.